The first-order chi connectivity index (χ1) is 10.9. The molecule has 0 spiro atoms. The maximum Gasteiger partial charge on any atom is 0.211 e. The molecule has 2 N–H and O–H groups in total. The third kappa shape index (κ3) is 4.32. The summed E-state index contributed by atoms with van der Waals surface area (Å²) in [6.07, 6.45) is 1.69. The molecule has 2 aromatic rings. The van der Waals surface area contributed by atoms with Crippen LogP contribution in [0.25, 0.3) is 11.3 Å². The lowest BCUT2D eigenvalue weighted by atomic mass is 9.92. The van der Waals surface area contributed by atoms with Gasteiger partial charge in [-0.1, -0.05) is 18.5 Å². The second-order valence-corrected chi connectivity index (χ2v) is 6.72. The predicted octanol–water partition coefficient (Wildman–Crippen LogP) is 2.98. The van der Waals surface area contributed by atoms with E-state index in [2.05, 4.69) is 4.98 Å². The summed E-state index contributed by atoms with van der Waals surface area (Å²) in [6, 6.07) is 7.31. The fourth-order valence-corrected chi connectivity index (χ4v) is 2.43. The standard InChI is InChI=1S/C17H23ClN2O3/c1-12(20(3)9-17(2,10-21)11-22)16-19-8-15(23-16)13-4-6-14(18)7-5-13/h4-8,12,21-22H,9-11H2,1-3H3. The first kappa shape index (κ1) is 17.9. The third-order valence-electron chi connectivity index (χ3n) is 4.07. The Kier molecular flexibility index (Phi) is 5.81. The van der Waals surface area contributed by atoms with Crippen molar-refractivity contribution >= 4 is 11.6 Å². The van der Waals surface area contributed by atoms with Crippen LogP contribution in [0.15, 0.2) is 34.9 Å². The molecule has 0 saturated carbocycles. The van der Waals surface area contributed by atoms with Gasteiger partial charge in [0.1, 0.15) is 0 Å². The number of aliphatic hydroxyl groups excluding tert-OH is 2. The van der Waals surface area contributed by atoms with Gasteiger partial charge in [0, 0.05) is 22.5 Å². The van der Waals surface area contributed by atoms with E-state index in [1.165, 1.54) is 0 Å². The summed E-state index contributed by atoms with van der Waals surface area (Å²) in [7, 11) is 1.92. The number of aliphatic hydroxyl groups is 2. The van der Waals surface area contributed by atoms with Crippen LogP contribution in [0.1, 0.15) is 25.8 Å². The average molecular weight is 339 g/mol. The fraction of sp³-hybridized carbons (Fsp3) is 0.471. The van der Waals surface area contributed by atoms with E-state index in [-0.39, 0.29) is 19.3 Å². The van der Waals surface area contributed by atoms with Crippen molar-refractivity contribution in [2.24, 2.45) is 5.41 Å². The van der Waals surface area contributed by atoms with Crippen molar-refractivity contribution in [2.75, 3.05) is 26.8 Å². The summed E-state index contributed by atoms with van der Waals surface area (Å²) in [5.74, 6) is 1.28. The Bertz CT molecular complexity index is 623. The molecule has 5 nitrogen and oxygen atoms in total. The Morgan fingerprint density at radius 3 is 2.43 bits per heavy atom. The summed E-state index contributed by atoms with van der Waals surface area (Å²) in [5.41, 5.74) is 0.354. The molecule has 0 bridgehead atoms. The molecule has 23 heavy (non-hydrogen) atoms. The van der Waals surface area contributed by atoms with Gasteiger partial charge in [-0.05, 0) is 38.2 Å². The van der Waals surface area contributed by atoms with E-state index in [1.807, 2.05) is 50.1 Å². The van der Waals surface area contributed by atoms with Gasteiger partial charge in [0.25, 0.3) is 0 Å². The highest BCUT2D eigenvalue weighted by atomic mass is 35.5. The molecule has 0 amide bonds. The highest BCUT2D eigenvalue weighted by molar-refractivity contribution is 6.30. The zero-order chi connectivity index (χ0) is 17.0. The molecular weight excluding hydrogens is 316 g/mol. The predicted molar refractivity (Wildman–Crippen MR) is 90.3 cm³/mol. The van der Waals surface area contributed by atoms with E-state index >= 15 is 0 Å². The summed E-state index contributed by atoms with van der Waals surface area (Å²) in [6.45, 7) is 4.18. The smallest absolute Gasteiger partial charge is 0.211 e. The zero-order valence-corrected chi connectivity index (χ0v) is 14.4. The number of hydrogen-bond acceptors (Lipinski definition) is 5. The number of nitrogens with zero attached hydrogens (tertiary/aromatic N) is 2. The molecule has 1 atom stereocenters. The van der Waals surface area contributed by atoms with Crippen molar-refractivity contribution in [1.82, 2.24) is 9.88 Å². The Balaban J connectivity index is 2.11. The van der Waals surface area contributed by atoms with Gasteiger partial charge < -0.3 is 14.6 Å². The lowest BCUT2D eigenvalue weighted by molar-refractivity contribution is 0.0296. The van der Waals surface area contributed by atoms with E-state index in [0.29, 0.717) is 23.2 Å². The molecule has 0 saturated heterocycles. The zero-order valence-electron chi connectivity index (χ0n) is 13.7. The van der Waals surface area contributed by atoms with Crippen LogP contribution in [0.2, 0.25) is 5.02 Å². The number of aromatic nitrogens is 1. The Morgan fingerprint density at radius 2 is 1.87 bits per heavy atom. The van der Waals surface area contributed by atoms with E-state index in [9.17, 15) is 10.2 Å². The minimum atomic E-state index is -0.561. The van der Waals surface area contributed by atoms with Crippen molar-refractivity contribution in [3.63, 3.8) is 0 Å². The van der Waals surface area contributed by atoms with Crippen molar-refractivity contribution in [1.29, 1.82) is 0 Å². The summed E-state index contributed by atoms with van der Waals surface area (Å²) < 4.78 is 5.85. The second kappa shape index (κ2) is 7.45. The number of halogens is 1. The Morgan fingerprint density at radius 1 is 1.26 bits per heavy atom. The topological polar surface area (TPSA) is 69.7 Å². The van der Waals surface area contributed by atoms with E-state index in [1.54, 1.807) is 6.20 Å². The first-order valence-electron chi connectivity index (χ1n) is 7.52. The monoisotopic (exact) mass is 338 g/mol. The molecule has 2 rings (SSSR count). The molecular formula is C17H23ClN2O3. The minimum Gasteiger partial charge on any atom is -0.439 e. The van der Waals surface area contributed by atoms with Crippen LogP contribution >= 0.6 is 11.6 Å². The lowest BCUT2D eigenvalue weighted by Gasteiger charge is -2.32. The maximum absolute atomic E-state index is 9.43. The van der Waals surface area contributed by atoms with Gasteiger partial charge >= 0.3 is 0 Å². The Labute approximate surface area is 141 Å². The molecule has 0 radical (unpaired) electrons. The van der Waals surface area contributed by atoms with Gasteiger partial charge in [0.05, 0.1) is 25.5 Å². The normalized spacial score (nSPS) is 13.5. The van der Waals surface area contributed by atoms with Crippen LogP contribution in [0.3, 0.4) is 0 Å². The van der Waals surface area contributed by atoms with Crippen LogP contribution in [0.5, 0.6) is 0 Å². The molecule has 0 aliphatic rings. The molecule has 1 aromatic heterocycles. The van der Waals surface area contributed by atoms with Crippen LogP contribution in [0.4, 0.5) is 0 Å². The molecule has 126 valence electrons. The van der Waals surface area contributed by atoms with Gasteiger partial charge in [-0.25, -0.2) is 4.98 Å². The summed E-state index contributed by atoms with van der Waals surface area (Å²) in [4.78, 5) is 6.36. The van der Waals surface area contributed by atoms with Crippen LogP contribution in [-0.4, -0.2) is 46.9 Å². The average Bonchev–Trinajstić information content (AvgIpc) is 3.04. The van der Waals surface area contributed by atoms with Crippen molar-refractivity contribution in [2.45, 2.75) is 19.9 Å². The maximum atomic E-state index is 9.43. The molecule has 0 aliphatic heterocycles. The van der Waals surface area contributed by atoms with Crippen molar-refractivity contribution in [3.8, 4) is 11.3 Å². The second-order valence-electron chi connectivity index (χ2n) is 6.29. The molecule has 0 aliphatic carbocycles. The highest BCUT2D eigenvalue weighted by Gasteiger charge is 2.28. The third-order valence-corrected chi connectivity index (χ3v) is 4.32. The largest absolute Gasteiger partial charge is 0.439 e. The van der Waals surface area contributed by atoms with Crippen LogP contribution in [-0.2, 0) is 0 Å². The van der Waals surface area contributed by atoms with Gasteiger partial charge in [0.2, 0.25) is 5.89 Å². The molecule has 1 unspecified atom stereocenters. The molecule has 1 aromatic carbocycles. The molecule has 6 heteroatoms. The van der Waals surface area contributed by atoms with Crippen molar-refractivity contribution in [3.05, 3.63) is 41.4 Å². The highest BCUT2D eigenvalue weighted by Crippen LogP contribution is 2.28. The van der Waals surface area contributed by atoms with E-state index in [0.717, 1.165) is 5.56 Å². The van der Waals surface area contributed by atoms with Gasteiger partial charge in [0.15, 0.2) is 5.76 Å². The van der Waals surface area contributed by atoms with Gasteiger partial charge in [-0.2, -0.15) is 0 Å². The summed E-state index contributed by atoms with van der Waals surface area (Å²) >= 11 is 5.89. The summed E-state index contributed by atoms with van der Waals surface area (Å²) in [5, 5.41) is 19.5. The molecule has 1 heterocycles. The lowest BCUT2D eigenvalue weighted by Crippen LogP contribution is -2.40. The SMILES string of the molecule is CC(c1ncc(-c2ccc(Cl)cc2)o1)N(C)CC(C)(CO)CO. The Hall–Kier alpha value is -1.40. The fourth-order valence-electron chi connectivity index (χ4n) is 2.31. The number of oxazole rings is 1. The van der Waals surface area contributed by atoms with Crippen molar-refractivity contribution < 1.29 is 14.6 Å². The number of hydrogen-bond donors (Lipinski definition) is 2. The van der Waals surface area contributed by atoms with Gasteiger partial charge in [-0.15, -0.1) is 0 Å². The molecule has 0 fully saturated rings. The number of benzene rings is 1. The first-order valence-corrected chi connectivity index (χ1v) is 7.90. The van der Waals surface area contributed by atoms with E-state index in [4.69, 9.17) is 16.0 Å². The quantitative estimate of drug-likeness (QED) is 0.812. The van der Waals surface area contributed by atoms with Crippen LogP contribution < -0.4 is 0 Å². The van der Waals surface area contributed by atoms with E-state index < -0.39 is 5.41 Å². The van der Waals surface area contributed by atoms with Gasteiger partial charge in [-0.3, -0.25) is 4.90 Å². The minimum absolute atomic E-state index is 0.0755. The van der Waals surface area contributed by atoms with Crippen LogP contribution in [0, 0.1) is 5.41 Å². The number of rotatable bonds is 7.